The molecule has 0 aliphatic rings. The van der Waals surface area contributed by atoms with Crippen LogP contribution in [0.2, 0.25) is 0 Å². The van der Waals surface area contributed by atoms with Gasteiger partial charge in [-0.1, -0.05) is 47.7 Å². The summed E-state index contributed by atoms with van der Waals surface area (Å²) in [7, 11) is 3.57. The normalized spacial score (nSPS) is 10.6. The molecule has 0 unspecified atom stereocenters. The molecule has 0 aliphatic heterocycles. The van der Waals surface area contributed by atoms with Crippen LogP contribution in [0.4, 0.5) is 5.69 Å². The second-order valence-electron chi connectivity index (χ2n) is 6.59. The van der Waals surface area contributed by atoms with Crippen molar-refractivity contribution < 1.29 is 9.59 Å². The van der Waals surface area contributed by atoms with Crippen LogP contribution in [0.15, 0.2) is 59.8 Å². The number of hydrogen-bond acceptors (Lipinski definition) is 5. The van der Waals surface area contributed by atoms with Crippen molar-refractivity contribution in [2.75, 3.05) is 17.7 Å². The summed E-state index contributed by atoms with van der Waals surface area (Å²) in [6.45, 7) is 2.20. The van der Waals surface area contributed by atoms with E-state index in [1.807, 2.05) is 62.5 Å². The average Bonchev–Trinajstić information content (AvgIpc) is 3.09. The standard InChI is InChI=1S/C21H23N5O2S/c1-15-8-7-9-16(12-15)20(28)22-13-18-23-24-21(26(18)3)29-14-19(27)25(2)17-10-5-4-6-11-17/h4-12H,13-14H2,1-3H3,(H,22,28). The van der Waals surface area contributed by atoms with E-state index >= 15 is 0 Å². The number of anilines is 1. The van der Waals surface area contributed by atoms with Gasteiger partial charge in [-0.2, -0.15) is 0 Å². The summed E-state index contributed by atoms with van der Waals surface area (Å²) in [6, 6.07) is 16.9. The lowest BCUT2D eigenvalue weighted by Gasteiger charge is -2.16. The van der Waals surface area contributed by atoms with E-state index < -0.39 is 0 Å². The summed E-state index contributed by atoms with van der Waals surface area (Å²) in [5.41, 5.74) is 2.48. The highest BCUT2D eigenvalue weighted by Crippen LogP contribution is 2.18. The van der Waals surface area contributed by atoms with Gasteiger partial charge >= 0.3 is 0 Å². The summed E-state index contributed by atoms with van der Waals surface area (Å²) in [5, 5.41) is 11.8. The second kappa shape index (κ2) is 9.38. The molecule has 3 rings (SSSR count). The predicted molar refractivity (Wildman–Crippen MR) is 114 cm³/mol. The minimum atomic E-state index is -0.162. The molecular weight excluding hydrogens is 386 g/mol. The van der Waals surface area contributed by atoms with Gasteiger partial charge in [-0.05, 0) is 31.2 Å². The fourth-order valence-corrected chi connectivity index (χ4v) is 3.53. The van der Waals surface area contributed by atoms with Gasteiger partial charge in [0, 0.05) is 25.3 Å². The van der Waals surface area contributed by atoms with Crippen LogP contribution in [-0.4, -0.2) is 39.4 Å². The van der Waals surface area contributed by atoms with Gasteiger partial charge < -0.3 is 14.8 Å². The van der Waals surface area contributed by atoms with Crippen molar-refractivity contribution in [3.05, 3.63) is 71.5 Å². The predicted octanol–water partition coefficient (Wildman–Crippen LogP) is 2.81. The number of rotatable bonds is 7. The molecule has 0 saturated carbocycles. The fourth-order valence-electron chi connectivity index (χ4n) is 2.69. The van der Waals surface area contributed by atoms with Crippen molar-refractivity contribution in [3.8, 4) is 0 Å². The monoisotopic (exact) mass is 409 g/mol. The van der Waals surface area contributed by atoms with E-state index in [0.29, 0.717) is 16.5 Å². The zero-order valence-corrected chi connectivity index (χ0v) is 17.4. The summed E-state index contributed by atoms with van der Waals surface area (Å²) in [4.78, 5) is 26.3. The van der Waals surface area contributed by atoms with Gasteiger partial charge in [0.1, 0.15) is 0 Å². The molecule has 0 saturated heterocycles. The first-order chi connectivity index (χ1) is 14.0. The Morgan fingerprint density at radius 2 is 1.86 bits per heavy atom. The SMILES string of the molecule is Cc1cccc(C(=O)NCc2nnc(SCC(=O)N(C)c3ccccc3)n2C)c1. The van der Waals surface area contributed by atoms with Gasteiger partial charge in [-0.15, -0.1) is 10.2 Å². The Kier molecular flexibility index (Phi) is 6.66. The molecule has 0 bridgehead atoms. The van der Waals surface area contributed by atoms with Gasteiger partial charge in [-0.25, -0.2) is 0 Å². The van der Waals surface area contributed by atoms with E-state index in [-0.39, 0.29) is 24.1 Å². The number of nitrogens with zero attached hydrogens (tertiary/aromatic N) is 4. The van der Waals surface area contributed by atoms with Crippen LogP contribution in [0.1, 0.15) is 21.7 Å². The third-order valence-electron chi connectivity index (χ3n) is 4.45. The van der Waals surface area contributed by atoms with Gasteiger partial charge in [0.05, 0.1) is 12.3 Å². The van der Waals surface area contributed by atoms with Crippen molar-refractivity contribution in [1.29, 1.82) is 0 Å². The summed E-state index contributed by atoms with van der Waals surface area (Å²) in [5.74, 6) is 0.675. The molecule has 7 nitrogen and oxygen atoms in total. The van der Waals surface area contributed by atoms with E-state index in [4.69, 9.17) is 0 Å². The number of aryl methyl sites for hydroxylation is 1. The zero-order chi connectivity index (χ0) is 20.8. The maximum atomic E-state index is 12.4. The number of amides is 2. The number of thioether (sulfide) groups is 1. The number of para-hydroxylation sites is 1. The average molecular weight is 410 g/mol. The molecule has 2 amide bonds. The highest BCUT2D eigenvalue weighted by Gasteiger charge is 2.15. The van der Waals surface area contributed by atoms with Gasteiger partial charge in [-0.3, -0.25) is 9.59 Å². The molecule has 29 heavy (non-hydrogen) atoms. The smallest absolute Gasteiger partial charge is 0.251 e. The highest BCUT2D eigenvalue weighted by molar-refractivity contribution is 7.99. The van der Waals surface area contributed by atoms with Crippen LogP contribution in [0, 0.1) is 6.92 Å². The number of carbonyl (C=O) groups excluding carboxylic acids is 2. The topological polar surface area (TPSA) is 80.1 Å². The number of benzene rings is 2. The van der Waals surface area contributed by atoms with Crippen molar-refractivity contribution in [1.82, 2.24) is 20.1 Å². The Morgan fingerprint density at radius 1 is 1.10 bits per heavy atom. The Balaban J connectivity index is 1.55. The Morgan fingerprint density at radius 3 is 2.59 bits per heavy atom. The lowest BCUT2D eigenvalue weighted by Crippen LogP contribution is -2.28. The second-order valence-corrected chi connectivity index (χ2v) is 7.53. The number of aromatic nitrogens is 3. The summed E-state index contributed by atoms with van der Waals surface area (Å²) in [6.07, 6.45) is 0. The Bertz CT molecular complexity index is 1000. The number of nitrogens with one attached hydrogen (secondary N) is 1. The molecule has 1 heterocycles. The van der Waals surface area contributed by atoms with E-state index in [1.165, 1.54) is 11.8 Å². The molecule has 0 aliphatic carbocycles. The minimum Gasteiger partial charge on any atom is -0.345 e. The number of carbonyl (C=O) groups is 2. The molecule has 1 aromatic heterocycles. The van der Waals surface area contributed by atoms with Crippen molar-refractivity contribution >= 4 is 29.3 Å². The fraction of sp³-hybridized carbons (Fsp3) is 0.238. The Labute approximate surface area is 174 Å². The third kappa shape index (κ3) is 5.23. The molecule has 150 valence electrons. The molecular formula is C21H23N5O2S. The van der Waals surface area contributed by atoms with Crippen LogP contribution in [0.3, 0.4) is 0 Å². The molecule has 2 aromatic carbocycles. The lowest BCUT2D eigenvalue weighted by molar-refractivity contribution is -0.115. The van der Waals surface area contributed by atoms with Crippen LogP contribution in [-0.2, 0) is 18.4 Å². The summed E-state index contributed by atoms with van der Waals surface area (Å²) >= 11 is 1.32. The zero-order valence-electron chi connectivity index (χ0n) is 16.6. The first kappa shape index (κ1) is 20.6. The van der Waals surface area contributed by atoms with Crippen LogP contribution < -0.4 is 10.2 Å². The molecule has 0 spiro atoms. The van der Waals surface area contributed by atoms with E-state index in [1.54, 1.807) is 22.6 Å². The maximum Gasteiger partial charge on any atom is 0.251 e. The quantitative estimate of drug-likeness (QED) is 0.607. The molecule has 0 fully saturated rings. The van der Waals surface area contributed by atoms with Gasteiger partial charge in [0.15, 0.2) is 11.0 Å². The first-order valence-corrected chi connectivity index (χ1v) is 10.1. The molecule has 0 radical (unpaired) electrons. The highest BCUT2D eigenvalue weighted by atomic mass is 32.2. The van der Waals surface area contributed by atoms with Gasteiger partial charge in [0.25, 0.3) is 5.91 Å². The summed E-state index contributed by atoms with van der Waals surface area (Å²) < 4.78 is 1.79. The Hall–Kier alpha value is -3.13. The van der Waals surface area contributed by atoms with Gasteiger partial charge in [0.2, 0.25) is 5.91 Å². The molecule has 0 atom stereocenters. The number of hydrogen-bond donors (Lipinski definition) is 1. The third-order valence-corrected chi connectivity index (χ3v) is 5.46. The van der Waals surface area contributed by atoms with E-state index in [2.05, 4.69) is 15.5 Å². The van der Waals surface area contributed by atoms with E-state index in [9.17, 15) is 9.59 Å². The van der Waals surface area contributed by atoms with Crippen LogP contribution >= 0.6 is 11.8 Å². The minimum absolute atomic E-state index is 0.0292. The lowest BCUT2D eigenvalue weighted by atomic mass is 10.1. The van der Waals surface area contributed by atoms with E-state index in [0.717, 1.165) is 11.3 Å². The largest absolute Gasteiger partial charge is 0.345 e. The van der Waals surface area contributed by atoms with Crippen molar-refractivity contribution in [2.45, 2.75) is 18.6 Å². The van der Waals surface area contributed by atoms with Crippen molar-refractivity contribution in [2.24, 2.45) is 7.05 Å². The molecule has 3 aromatic rings. The van der Waals surface area contributed by atoms with Crippen LogP contribution in [0.25, 0.3) is 0 Å². The molecule has 8 heteroatoms. The maximum absolute atomic E-state index is 12.4. The molecule has 1 N–H and O–H groups in total. The van der Waals surface area contributed by atoms with Crippen LogP contribution in [0.5, 0.6) is 0 Å². The van der Waals surface area contributed by atoms with Crippen molar-refractivity contribution in [3.63, 3.8) is 0 Å². The first-order valence-electron chi connectivity index (χ1n) is 9.13.